The number of nitrogens with zero attached hydrogens (tertiary/aromatic N) is 1. The van der Waals surface area contributed by atoms with Gasteiger partial charge in [0.25, 0.3) is 5.91 Å². The highest BCUT2D eigenvalue weighted by Crippen LogP contribution is 2.15. The Kier molecular flexibility index (Phi) is 8.60. The van der Waals surface area contributed by atoms with E-state index in [-0.39, 0.29) is 17.4 Å². The third kappa shape index (κ3) is 6.83. The highest BCUT2D eigenvalue weighted by atomic mass is 32.2. The lowest BCUT2D eigenvalue weighted by atomic mass is 10.0. The number of amides is 2. The molecule has 1 unspecified atom stereocenters. The Balaban J connectivity index is 1.94. The molecule has 2 amide bonds. The molecule has 0 radical (unpaired) electrons. The normalized spacial score (nSPS) is 16.6. The summed E-state index contributed by atoms with van der Waals surface area (Å²) in [6.07, 6.45) is 2.60. The third-order valence-corrected chi connectivity index (χ3v) is 5.47. The van der Waals surface area contributed by atoms with Crippen molar-refractivity contribution in [2.24, 2.45) is 0 Å². The van der Waals surface area contributed by atoms with Crippen molar-refractivity contribution in [3.63, 3.8) is 0 Å². The maximum absolute atomic E-state index is 12.8. The van der Waals surface area contributed by atoms with Crippen molar-refractivity contribution in [3.8, 4) is 0 Å². The second kappa shape index (κ2) is 10.7. The van der Waals surface area contributed by atoms with E-state index in [1.54, 1.807) is 23.9 Å². The average molecular weight is 394 g/mol. The molecule has 1 heterocycles. The molecule has 1 aromatic rings. The van der Waals surface area contributed by atoms with Gasteiger partial charge in [0, 0.05) is 30.7 Å². The van der Waals surface area contributed by atoms with Gasteiger partial charge in [-0.1, -0.05) is 18.2 Å². The predicted molar refractivity (Wildman–Crippen MR) is 110 cm³/mol. The molecule has 2 N–H and O–H groups in total. The van der Waals surface area contributed by atoms with Crippen LogP contribution in [-0.2, 0) is 9.53 Å². The summed E-state index contributed by atoms with van der Waals surface area (Å²) in [5.74, 6) is 0.457. The molecule has 150 valence electrons. The fraction of sp³-hybridized carbons (Fsp3) is 0.600. The van der Waals surface area contributed by atoms with E-state index in [4.69, 9.17) is 4.74 Å². The van der Waals surface area contributed by atoms with Crippen LogP contribution in [0.3, 0.4) is 0 Å². The Morgan fingerprint density at radius 3 is 2.52 bits per heavy atom. The van der Waals surface area contributed by atoms with Gasteiger partial charge in [0.1, 0.15) is 6.04 Å². The van der Waals surface area contributed by atoms with Gasteiger partial charge in [-0.05, 0) is 44.4 Å². The van der Waals surface area contributed by atoms with E-state index < -0.39 is 6.04 Å². The lowest BCUT2D eigenvalue weighted by molar-refractivity contribution is -0.123. The molecule has 1 fully saturated rings. The summed E-state index contributed by atoms with van der Waals surface area (Å²) in [5.41, 5.74) is 0.403. The minimum atomic E-state index is -0.536. The minimum absolute atomic E-state index is 0.130. The van der Waals surface area contributed by atoms with E-state index in [2.05, 4.69) is 29.4 Å². The highest BCUT2D eigenvalue weighted by molar-refractivity contribution is 7.98. The van der Waals surface area contributed by atoms with Gasteiger partial charge >= 0.3 is 0 Å². The van der Waals surface area contributed by atoms with E-state index in [1.165, 1.54) is 0 Å². The van der Waals surface area contributed by atoms with Gasteiger partial charge in [0.05, 0.1) is 13.2 Å². The number of benzene rings is 1. The summed E-state index contributed by atoms with van der Waals surface area (Å²) in [5, 5.41) is 5.93. The quantitative estimate of drug-likeness (QED) is 0.669. The van der Waals surface area contributed by atoms with Gasteiger partial charge in [-0.3, -0.25) is 14.5 Å². The maximum Gasteiger partial charge on any atom is 0.251 e. The van der Waals surface area contributed by atoms with Crippen LogP contribution in [0.1, 0.15) is 30.6 Å². The van der Waals surface area contributed by atoms with E-state index >= 15 is 0 Å². The Hall–Kier alpha value is -1.57. The molecule has 0 aromatic heterocycles. The van der Waals surface area contributed by atoms with E-state index in [0.717, 1.165) is 32.1 Å². The number of carbonyl (C=O) groups excluding carboxylic acids is 2. The van der Waals surface area contributed by atoms with Gasteiger partial charge in [0.2, 0.25) is 5.91 Å². The van der Waals surface area contributed by atoms with E-state index in [1.807, 2.05) is 24.5 Å². The van der Waals surface area contributed by atoms with Crippen molar-refractivity contribution in [2.45, 2.75) is 31.8 Å². The molecule has 0 bridgehead atoms. The zero-order valence-electron chi connectivity index (χ0n) is 16.5. The van der Waals surface area contributed by atoms with Crippen LogP contribution in [0.2, 0.25) is 0 Å². The number of ether oxygens (including phenoxy) is 1. The summed E-state index contributed by atoms with van der Waals surface area (Å²) in [6.45, 7) is 7.95. The molecule has 1 aromatic carbocycles. The van der Waals surface area contributed by atoms with Crippen LogP contribution in [-0.4, -0.2) is 73.2 Å². The van der Waals surface area contributed by atoms with E-state index in [0.29, 0.717) is 18.5 Å². The standard InChI is InChI=1S/C20H31N3O3S/c1-20(2,23-10-12-26-13-11-23)15-21-19(25)17(9-14-27-3)22-18(24)16-7-5-4-6-8-16/h4-8,17H,9-15H2,1-3H3,(H,21,25)(H,22,24). The van der Waals surface area contributed by atoms with Gasteiger partial charge in [-0.25, -0.2) is 0 Å². The number of rotatable bonds is 9. The van der Waals surface area contributed by atoms with Gasteiger partial charge in [-0.2, -0.15) is 11.8 Å². The fourth-order valence-corrected chi connectivity index (χ4v) is 3.51. The van der Waals surface area contributed by atoms with Crippen molar-refractivity contribution in [1.29, 1.82) is 0 Å². The largest absolute Gasteiger partial charge is 0.379 e. The summed E-state index contributed by atoms with van der Waals surface area (Å²) < 4.78 is 5.41. The van der Waals surface area contributed by atoms with Crippen molar-refractivity contribution < 1.29 is 14.3 Å². The second-order valence-electron chi connectivity index (χ2n) is 7.30. The molecule has 1 aliphatic rings. The van der Waals surface area contributed by atoms with Crippen LogP contribution in [0.25, 0.3) is 0 Å². The summed E-state index contributed by atoms with van der Waals surface area (Å²) in [4.78, 5) is 27.5. The van der Waals surface area contributed by atoms with Crippen LogP contribution in [0, 0.1) is 0 Å². The van der Waals surface area contributed by atoms with Crippen molar-refractivity contribution in [1.82, 2.24) is 15.5 Å². The molecular formula is C20H31N3O3S. The zero-order chi connectivity index (χ0) is 19.7. The Labute approximate surface area is 166 Å². The van der Waals surface area contributed by atoms with Crippen LogP contribution in [0.15, 0.2) is 30.3 Å². The number of hydrogen-bond acceptors (Lipinski definition) is 5. The summed E-state index contributed by atoms with van der Waals surface area (Å²) >= 11 is 1.66. The minimum Gasteiger partial charge on any atom is -0.379 e. The lowest BCUT2D eigenvalue weighted by Gasteiger charge is -2.41. The summed E-state index contributed by atoms with van der Waals surface area (Å²) in [6, 6.07) is 8.46. The number of hydrogen-bond donors (Lipinski definition) is 2. The first kappa shape index (κ1) is 21.7. The number of thioether (sulfide) groups is 1. The Bertz CT molecular complexity index is 604. The molecular weight excluding hydrogens is 362 g/mol. The van der Waals surface area contributed by atoms with Crippen LogP contribution >= 0.6 is 11.8 Å². The molecule has 2 rings (SSSR count). The second-order valence-corrected chi connectivity index (χ2v) is 8.29. The molecule has 27 heavy (non-hydrogen) atoms. The smallest absolute Gasteiger partial charge is 0.251 e. The molecule has 7 heteroatoms. The molecule has 0 aliphatic carbocycles. The molecule has 6 nitrogen and oxygen atoms in total. The summed E-state index contributed by atoms with van der Waals surface area (Å²) in [7, 11) is 0. The maximum atomic E-state index is 12.8. The number of carbonyl (C=O) groups is 2. The van der Waals surface area contributed by atoms with E-state index in [9.17, 15) is 9.59 Å². The van der Waals surface area contributed by atoms with Crippen molar-refractivity contribution in [2.75, 3.05) is 44.9 Å². The third-order valence-electron chi connectivity index (χ3n) is 4.83. The van der Waals surface area contributed by atoms with Gasteiger partial charge in [0.15, 0.2) is 0 Å². The van der Waals surface area contributed by atoms with Crippen LogP contribution < -0.4 is 10.6 Å². The number of nitrogens with one attached hydrogen (secondary N) is 2. The van der Waals surface area contributed by atoms with Gasteiger partial charge < -0.3 is 15.4 Å². The first-order chi connectivity index (χ1) is 12.9. The SMILES string of the molecule is CSCCC(NC(=O)c1ccccc1)C(=O)NCC(C)(C)N1CCOCC1. The first-order valence-electron chi connectivity index (χ1n) is 9.39. The molecule has 1 aliphatic heterocycles. The molecule has 1 atom stereocenters. The highest BCUT2D eigenvalue weighted by Gasteiger charge is 2.30. The topological polar surface area (TPSA) is 70.7 Å². The predicted octanol–water partition coefficient (Wildman–Crippen LogP) is 1.77. The Morgan fingerprint density at radius 2 is 1.89 bits per heavy atom. The van der Waals surface area contributed by atoms with Gasteiger partial charge in [-0.15, -0.1) is 0 Å². The Morgan fingerprint density at radius 1 is 1.22 bits per heavy atom. The lowest BCUT2D eigenvalue weighted by Crippen LogP contribution is -2.57. The number of morpholine rings is 1. The van der Waals surface area contributed by atoms with Crippen LogP contribution in [0.4, 0.5) is 0 Å². The molecule has 1 saturated heterocycles. The van der Waals surface area contributed by atoms with Crippen LogP contribution in [0.5, 0.6) is 0 Å². The average Bonchev–Trinajstić information content (AvgIpc) is 2.70. The zero-order valence-corrected chi connectivity index (χ0v) is 17.3. The van der Waals surface area contributed by atoms with Crippen molar-refractivity contribution >= 4 is 23.6 Å². The first-order valence-corrected chi connectivity index (χ1v) is 10.8. The van der Waals surface area contributed by atoms with Crippen molar-refractivity contribution in [3.05, 3.63) is 35.9 Å². The molecule has 0 spiro atoms. The fourth-order valence-electron chi connectivity index (χ4n) is 3.04. The molecule has 0 saturated carbocycles. The monoisotopic (exact) mass is 393 g/mol.